The standard InChI is InChI=1S/C13H19N3O2/c1-8(2)6-16(3)11-5-10-12(4-9(11)14)18-7-13(17)15-10/h4-5,8H,6-7,14H2,1-3H3,(H,15,17). The number of fused-ring (bicyclic) bond motifs is 1. The first-order valence-electron chi connectivity index (χ1n) is 6.04. The second-order valence-electron chi connectivity index (χ2n) is 5.02. The molecule has 0 bridgehead atoms. The Hall–Kier alpha value is -1.91. The number of anilines is 3. The number of hydrogen-bond acceptors (Lipinski definition) is 4. The predicted molar refractivity (Wildman–Crippen MR) is 73.1 cm³/mol. The monoisotopic (exact) mass is 249 g/mol. The first kappa shape index (κ1) is 12.5. The molecular formula is C13H19N3O2. The summed E-state index contributed by atoms with van der Waals surface area (Å²) in [5.74, 6) is 1.04. The number of nitrogens with zero attached hydrogens (tertiary/aromatic N) is 1. The van der Waals surface area contributed by atoms with Crippen molar-refractivity contribution in [3.63, 3.8) is 0 Å². The zero-order valence-corrected chi connectivity index (χ0v) is 11.0. The van der Waals surface area contributed by atoms with Crippen molar-refractivity contribution in [2.24, 2.45) is 5.92 Å². The molecule has 98 valence electrons. The van der Waals surface area contributed by atoms with Gasteiger partial charge in [-0.05, 0) is 12.0 Å². The Morgan fingerprint density at radius 2 is 2.22 bits per heavy atom. The number of benzene rings is 1. The van der Waals surface area contributed by atoms with E-state index in [4.69, 9.17) is 10.5 Å². The maximum Gasteiger partial charge on any atom is 0.262 e. The summed E-state index contributed by atoms with van der Waals surface area (Å²) >= 11 is 0. The Kier molecular flexibility index (Phi) is 3.32. The Balaban J connectivity index is 2.31. The summed E-state index contributed by atoms with van der Waals surface area (Å²) in [4.78, 5) is 13.4. The first-order valence-corrected chi connectivity index (χ1v) is 6.04. The van der Waals surface area contributed by atoms with Crippen LogP contribution >= 0.6 is 0 Å². The summed E-state index contributed by atoms with van der Waals surface area (Å²) in [5, 5.41) is 2.79. The normalized spacial score (nSPS) is 13.9. The van der Waals surface area contributed by atoms with Crippen LogP contribution in [0, 0.1) is 5.92 Å². The molecule has 0 unspecified atom stereocenters. The van der Waals surface area contributed by atoms with E-state index in [1.54, 1.807) is 6.07 Å². The topological polar surface area (TPSA) is 67.6 Å². The minimum absolute atomic E-state index is 0.0492. The van der Waals surface area contributed by atoms with Crippen LogP contribution in [0.4, 0.5) is 17.1 Å². The molecule has 1 aliphatic rings. The highest BCUT2D eigenvalue weighted by atomic mass is 16.5. The number of amides is 1. The van der Waals surface area contributed by atoms with Gasteiger partial charge in [-0.2, -0.15) is 0 Å². The number of hydrogen-bond donors (Lipinski definition) is 2. The van der Waals surface area contributed by atoms with Crippen LogP contribution in [0.3, 0.4) is 0 Å². The Labute approximate surface area is 107 Å². The van der Waals surface area contributed by atoms with Gasteiger partial charge in [0.25, 0.3) is 5.91 Å². The molecule has 2 rings (SSSR count). The van der Waals surface area contributed by atoms with E-state index in [1.807, 2.05) is 13.1 Å². The van der Waals surface area contributed by atoms with Crippen LogP contribution in [-0.4, -0.2) is 26.1 Å². The predicted octanol–water partition coefficient (Wildman–Crippen LogP) is 1.69. The van der Waals surface area contributed by atoms with E-state index < -0.39 is 0 Å². The summed E-state index contributed by atoms with van der Waals surface area (Å²) in [6.45, 7) is 5.25. The van der Waals surface area contributed by atoms with Crippen LogP contribution in [0.15, 0.2) is 12.1 Å². The molecule has 1 aromatic carbocycles. The van der Waals surface area contributed by atoms with Crippen molar-refractivity contribution in [3.05, 3.63) is 12.1 Å². The molecule has 18 heavy (non-hydrogen) atoms. The van der Waals surface area contributed by atoms with Crippen molar-refractivity contribution in [2.75, 3.05) is 36.1 Å². The first-order chi connectivity index (χ1) is 8.47. The van der Waals surface area contributed by atoms with Gasteiger partial charge in [-0.3, -0.25) is 4.79 Å². The van der Waals surface area contributed by atoms with E-state index in [9.17, 15) is 4.79 Å². The van der Waals surface area contributed by atoms with E-state index in [-0.39, 0.29) is 12.5 Å². The molecule has 0 fully saturated rings. The second kappa shape index (κ2) is 4.76. The third-order valence-corrected chi connectivity index (χ3v) is 2.81. The third kappa shape index (κ3) is 2.50. The number of nitrogens with two attached hydrogens (primary N) is 1. The molecule has 3 N–H and O–H groups in total. The average Bonchev–Trinajstić information content (AvgIpc) is 2.27. The average molecular weight is 249 g/mol. The highest BCUT2D eigenvalue weighted by molar-refractivity contribution is 5.97. The van der Waals surface area contributed by atoms with E-state index in [2.05, 4.69) is 24.1 Å². The Morgan fingerprint density at radius 3 is 2.89 bits per heavy atom. The molecule has 0 radical (unpaired) electrons. The highest BCUT2D eigenvalue weighted by Gasteiger charge is 2.19. The van der Waals surface area contributed by atoms with Gasteiger partial charge in [0.1, 0.15) is 5.75 Å². The zero-order valence-electron chi connectivity index (χ0n) is 11.0. The van der Waals surface area contributed by atoms with Gasteiger partial charge in [0.2, 0.25) is 0 Å². The van der Waals surface area contributed by atoms with Gasteiger partial charge in [0, 0.05) is 19.7 Å². The van der Waals surface area contributed by atoms with Crippen LogP contribution in [-0.2, 0) is 4.79 Å². The molecule has 0 saturated carbocycles. The van der Waals surface area contributed by atoms with Crippen molar-refractivity contribution >= 4 is 23.0 Å². The van der Waals surface area contributed by atoms with Gasteiger partial charge in [-0.15, -0.1) is 0 Å². The lowest BCUT2D eigenvalue weighted by atomic mass is 10.1. The molecule has 1 heterocycles. The fourth-order valence-corrected chi connectivity index (χ4v) is 2.11. The minimum atomic E-state index is -0.135. The molecular weight excluding hydrogens is 230 g/mol. The number of nitrogen functional groups attached to an aromatic ring is 1. The van der Waals surface area contributed by atoms with Gasteiger partial charge < -0.3 is 20.7 Å². The van der Waals surface area contributed by atoms with Crippen molar-refractivity contribution in [2.45, 2.75) is 13.8 Å². The lowest BCUT2D eigenvalue weighted by molar-refractivity contribution is -0.118. The molecule has 1 amide bonds. The van der Waals surface area contributed by atoms with Crippen molar-refractivity contribution in [1.82, 2.24) is 0 Å². The molecule has 5 heteroatoms. The van der Waals surface area contributed by atoms with Crippen LogP contribution in [0.2, 0.25) is 0 Å². The lowest BCUT2D eigenvalue weighted by Crippen LogP contribution is -2.27. The molecule has 0 aromatic heterocycles. The number of rotatable bonds is 3. The molecule has 0 atom stereocenters. The lowest BCUT2D eigenvalue weighted by Gasteiger charge is -2.26. The molecule has 1 aromatic rings. The Bertz CT molecular complexity index is 472. The van der Waals surface area contributed by atoms with Gasteiger partial charge in [-0.1, -0.05) is 13.8 Å². The summed E-state index contributed by atoms with van der Waals surface area (Å²) in [6.07, 6.45) is 0. The van der Waals surface area contributed by atoms with Crippen LogP contribution in [0.25, 0.3) is 0 Å². The SMILES string of the molecule is CC(C)CN(C)c1cc2c(cc1N)OCC(=O)N2. The van der Waals surface area contributed by atoms with Gasteiger partial charge >= 0.3 is 0 Å². The third-order valence-electron chi connectivity index (χ3n) is 2.81. The van der Waals surface area contributed by atoms with E-state index in [0.717, 1.165) is 12.2 Å². The summed E-state index contributed by atoms with van der Waals surface area (Å²) in [6, 6.07) is 3.63. The fourth-order valence-electron chi connectivity index (χ4n) is 2.11. The van der Waals surface area contributed by atoms with Crippen LogP contribution in [0.1, 0.15) is 13.8 Å². The molecule has 5 nitrogen and oxygen atoms in total. The van der Waals surface area contributed by atoms with E-state index in [0.29, 0.717) is 23.0 Å². The van der Waals surface area contributed by atoms with Crippen molar-refractivity contribution in [1.29, 1.82) is 0 Å². The van der Waals surface area contributed by atoms with Gasteiger partial charge in [-0.25, -0.2) is 0 Å². The quantitative estimate of drug-likeness (QED) is 0.800. The van der Waals surface area contributed by atoms with E-state index in [1.165, 1.54) is 0 Å². The van der Waals surface area contributed by atoms with Crippen molar-refractivity contribution < 1.29 is 9.53 Å². The van der Waals surface area contributed by atoms with Crippen LogP contribution < -0.4 is 20.7 Å². The van der Waals surface area contributed by atoms with Crippen LogP contribution in [0.5, 0.6) is 5.75 Å². The largest absolute Gasteiger partial charge is 0.482 e. The highest BCUT2D eigenvalue weighted by Crippen LogP contribution is 2.36. The molecule has 0 aliphatic carbocycles. The minimum Gasteiger partial charge on any atom is -0.482 e. The fraction of sp³-hybridized carbons (Fsp3) is 0.462. The molecule has 1 aliphatic heterocycles. The van der Waals surface area contributed by atoms with Crippen molar-refractivity contribution in [3.8, 4) is 5.75 Å². The van der Waals surface area contributed by atoms with Gasteiger partial charge in [0.15, 0.2) is 6.61 Å². The maximum absolute atomic E-state index is 11.3. The zero-order chi connectivity index (χ0) is 13.3. The van der Waals surface area contributed by atoms with Gasteiger partial charge in [0.05, 0.1) is 17.1 Å². The Morgan fingerprint density at radius 1 is 1.50 bits per heavy atom. The van der Waals surface area contributed by atoms with E-state index >= 15 is 0 Å². The molecule has 0 saturated heterocycles. The summed E-state index contributed by atoms with van der Waals surface area (Å²) in [7, 11) is 1.99. The number of carbonyl (C=O) groups is 1. The maximum atomic E-state index is 11.3. The second-order valence-corrected chi connectivity index (χ2v) is 5.02. The number of carbonyl (C=O) groups excluding carboxylic acids is 1. The molecule has 0 spiro atoms. The summed E-state index contributed by atoms with van der Waals surface area (Å²) in [5.41, 5.74) is 8.28. The number of nitrogens with one attached hydrogen (secondary N) is 1. The smallest absolute Gasteiger partial charge is 0.262 e. The number of ether oxygens (including phenoxy) is 1. The summed E-state index contributed by atoms with van der Waals surface area (Å²) < 4.78 is 5.32.